The maximum atomic E-state index is 13.6. The highest BCUT2D eigenvalue weighted by atomic mass is 28.4. The van der Waals surface area contributed by atoms with Gasteiger partial charge in [-0.25, -0.2) is 22.0 Å². The average molecular weight is 415 g/mol. The molecule has 0 amide bonds. The van der Waals surface area contributed by atoms with Crippen molar-refractivity contribution < 1.29 is 35.2 Å². The Bertz CT molecular complexity index is 592. The predicted molar refractivity (Wildman–Crippen MR) is 94.0 cm³/mol. The first-order valence-corrected chi connectivity index (χ1v) is 10.6. The monoisotopic (exact) mass is 415 g/mol. The summed E-state index contributed by atoms with van der Waals surface area (Å²) in [7, 11) is -1.41. The number of unbranched alkanes of at least 4 members (excludes halogenated alkanes) is 1. The second kappa shape index (κ2) is 10.3. The smallest absolute Gasteiger partial charge is 0.380 e. The van der Waals surface area contributed by atoms with Gasteiger partial charge in [0.2, 0.25) is 5.82 Å². The van der Waals surface area contributed by atoms with Gasteiger partial charge in [0.1, 0.15) is 5.69 Å². The third-order valence-electron chi connectivity index (χ3n) is 3.56. The van der Waals surface area contributed by atoms with Gasteiger partial charge < -0.3 is 18.6 Å². The molecule has 1 aromatic carbocycles. The van der Waals surface area contributed by atoms with E-state index in [2.05, 4.69) is 5.32 Å². The fourth-order valence-corrected chi connectivity index (χ4v) is 5.31. The molecule has 27 heavy (non-hydrogen) atoms. The summed E-state index contributed by atoms with van der Waals surface area (Å²) >= 11 is 0. The van der Waals surface area contributed by atoms with Crippen molar-refractivity contribution in [1.82, 2.24) is 0 Å². The number of anilines is 1. The quantitative estimate of drug-likeness (QED) is 0.181. The summed E-state index contributed by atoms with van der Waals surface area (Å²) in [5.74, 6) is -9.88. The zero-order chi connectivity index (χ0) is 20.8. The first-order chi connectivity index (χ1) is 12.5. The lowest BCUT2D eigenvalue weighted by Crippen LogP contribution is -2.48. The van der Waals surface area contributed by atoms with Gasteiger partial charge in [-0.2, -0.15) is 0 Å². The third kappa shape index (κ3) is 6.41. The van der Waals surface area contributed by atoms with Gasteiger partial charge in [-0.1, -0.05) is 0 Å². The first kappa shape index (κ1) is 23.8. The molecule has 1 N–H and O–H groups in total. The van der Waals surface area contributed by atoms with Crippen LogP contribution < -0.4 is 5.32 Å². The van der Waals surface area contributed by atoms with E-state index < -0.39 is 43.6 Å². The summed E-state index contributed by atoms with van der Waals surface area (Å²) < 4.78 is 83.8. The van der Waals surface area contributed by atoms with E-state index in [0.29, 0.717) is 18.9 Å². The molecule has 10 heteroatoms. The zero-order valence-corrected chi connectivity index (χ0v) is 17.1. The predicted octanol–water partition coefficient (Wildman–Crippen LogP) is 5.01. The molecule has 0 aliphatic heterocycles. The lowest BCUT2D eigenvalue weighted by molar-refractivity contribution is 0.0324. The molecule has 0 bridgehead atoms. The van der Waals surface area contributed by atoms with Crippen molar-refractivity contribution in [3.8, 4) is 0 Å². The van der Waals surface area contributed by atoms with Crippen LogP contribution in [-0.2, 0) is 13.3 Å². The van der Waals surface area contributed by atoms with Crippen molar-refractivity contribution in [1.29, 1.82) is 0 Å². The van der Waals surface area contributed by atoms with Gasteiger partial charge in [0, 0.05) is 31.9 Å². The van der Waals surface area contributed by atoms with Crippen molar-refractivity contribution in [3.05, 3.63) is 29.1 Å². The molecule has 0 aliphatic carbocycles. The van der Waals surface area contributed by atoms with E-state index in [1.54, 1.807) is 0 Å². The highest BCUT2D eigenvalue weighted by Gasteiger charge is 2.41. The first-order valence-electron chi connectivity index (χ1n) is 8.70. The number of hydrogen-bond donors (Lipinski definition) is 1. The standard InChI is InChI=1S/C17H26F5NO3Si/c1-10(2)25-27(24-5,26-11(3)4)9-7-6-8-23-17-15(21)13(19)12(18)14(20)16(17)22/h10-11,23H,6-9H2,1-5H3. The van der Waals surface area contributed by atoms with Gasteiger partial charge >= 0.3 is 8.80 Å². The molecule has 4 nitrogen and oxygen atoms in total. The van der Waals surface area contributed by atoms with Gasteiger partial charge in [-0.15, -0.1) is 0 Å². The molecule has 1 aromatic rings. The molecular formula is C17H26F5NO3Si. The van der Waals surface area contributed by atoms with Crippen LogP contribution in [0.3, 0.4) is 0 Å². The minimum atomic E-state index is -2.92. The fraction of sp³-hybridized carbons (Fsp3) is 0.647. The van der Waals surface area contributed by atoms with E-state index in [9.17, 15) is 22.0 Å². The Kier molecular flexibility index (Phi) is 9.12. The van der Waals surface area contributed by atoms with Crippen LogP contribution in [-0.4, -0.2) is 34.7 Å². The summed E-state index contributed by atoms with van der Waals surface area (Å²) in [6.07, 6.45) is 0.686. The van der Waals surface area contributed by atoms with Gasteiger partial charge in [0.25, 0.3) is 0 Å². The molecule has 0 radical (unpaired) electrons. The number of halogens is 5. The Labute approximate surface area is 157 Å². The number of benzene rings is 1. The second-order valence-corrected chi connectivity index (χ2v) is 9.29. The van der Waals surface area contributed by atoms with E-state index in [1.165, 1.54) is 7.11 Å². The summed E-state index contributed by atoms with van der Waals surface area (Å²) in [4.78, 5) is 0. The number of nitrogens with one attached hydrogen (secondary N) is 1. The molecule has 0 saturated carbocycles. The third-order valence-corrected chi connectivity index (χ3v) is 6.81. The summed E-state index contributed by atoms with van der Waals surface area (Å²) in [5, 5.41) is 2.27. The van der Waals surface area contributed by atoms with Crippen LogP contribution in [0.1, 0.15) is 40.5 Å². The van der Waals surface area contributed by atoms with Crippen LogP contribution in [0.4, 0.5) is 27.6 Å². The summed E-state index contributed by atoms with van der Waals surface area (Å²) in [6.45, 7) is 7.44. The molecule has 1 rings (SSSR count). The van der Waals surface area contributed by atoms with Gasteiger partial charge in [0.05, 0.1) is 0 Å². The Balaban J connectivity index is 2.68. The molecule has 0 atom stereocenters. The highest BCUT2D eigenvalue weighted by Crippen LogP contribution is 2.27. The second-order valence-electron chi connectivity index (χ2n) is 6.55. The van der Waals surface area contributed by atoms with E-state index in [0.717, 1.165) is 0 Å². The lowest BCUT2D eigenvalue weighted by Gasteiger charge is -2.31. The minimum absolute atomic E-state index is 0.00983. The average Bonchev–Trinajstić information content (AvgIpc) is 2.59. The maximum Gasteiger partial charge on any atom is 0.501 e. The van der Waals surface area contributed by atoms with Crippen molar-refractivity contribution in [2.75, 3.05) is 19.0 Å². The molecule has 0 spiro atoms. The molecule has 0 heterocycles. The van der Waals surface area contributed by atoms with Crippen molar-refractivity contribution >= 4 is 14.5 Å². The zero-order valence-electron chi connectivity index (χ0n) is 16.1. The molecule has 0 unspecified atom stereocenters. The van der Waals surface area contributed by atoms with Crippen LogP contribution in [0.5, 0.6) is 0 Å². The van der Waals surface area contributed by atoms with E-state index >= 15 is 0 Å². The normalized spacial score (nSPS) is 12.3. The van der Waals surface area contributed by atoms with Crippen LogP contribution in [0, 0.1) is 29.1 Å². The Morgan fingerprint density at radius 2 is 1.22 bits per heavy atom. The Hall–Kier alpha value is -1.23. The molecule has 0 aliphatic rings. The van der Waals surface area contributed by atoms with Crippen LogP contribution in [0.2, 0.25) is 6.04 Å². The van der Waals surface area contributed by atoms with Crippen molar-refractivity contribution in [2.24, 2.45) is 0 Å². The maximum absolute atomic E-state index is 13.6. The van der Waals surface area contributed by atoms with Gasteiger partial charge in [-0.3, -0.25) is 0 Å². The summed E-state index contributed by atoms with van der Waals surface area (Å²) in [6, 6.07) is 0.457. The number of rotatable bonds is 11. The van der Waals surface area contributed by atoms with Gasteiger partial charge in [0.15, 0.2) is 23.3 Å². The molecule has 0 aromatic heterocycles. The van der Waals surface area contributed by atoms with Crippen molar-refractivity contribution in [2.45, 2.75) is 58.8 Å². The topological polar surface area (TPSA) is 39.7 Å². The molecule has 0 saturated heterocycles. The Morgan fingerprint density at radius 3 is 1.63 bits per heavy atom. The van der Waals surface area contributed by atoms with E-state index in [4.69, 9.17) is 13.3 Å². The molecule has 156 valence electrons. The summed E-state index contributed by atoms with van der Waals surface area (Å²) in [5.41, 5.74) is -1.03. The van der Waals surface area contributed by atoms with Crippen LogP contribution in [0.25, 0.3) is 0 Å². The van der Waals surface area contributed by atoms with Crippen LogP contribution in [0.15, 0.2) is 0 Å². The lowest BCUT2D eigenvalue weighted by atomic mass is 10.2. The number of hydrogen-bond acceptors (Lipinski definition) is 4. The van der Waals surface area contributed by atoms with Gasteiger partial charge in [-0.05, 0) is 40.5 Å². The largest absolute Gasteiger partial charge is 0.501 e. The van der Waals surface area contributed by atoms with E-state index in [-0.39, 0.29) is 18.8 Å². The van der Waals surface area contributed by atoms with Crippen molar-refractivity contribution in [3.63, 3.8) is 0 Å². The molecular weight excluding hydrogens is 389 g/mol. The minimum Gasteiger partial charge on any atom is -0.380 e. The van der Waals surface area contributed by atoms with E-state index in [1.807, 2.05) is 27.7 Å². The Morgan fingerprint density at radius 1 is 0.778 bits per heavy atom. The highest BCUT2D eigenvalue weighted by molar-refractivity contribution is 6.60. The van der Waals surface area contributed by atoms with Crippen LogP contribution >= 0.6 is 0 Å². The SMILES string of the molecule is CO[Si](CCCCNc1c(F)c(F)c(F)c(F)c1F)(OC(C)C)OC(C)C. The fourth-order valence-electron chi connectivity index (χ4n) is 2.50. The molecule has 0 fully saturated rings.